The minimum atomic E-state index is -0.285. The maximum Gasteiger partial charge on any atom is 0.266 e. The first-order valence-corrected chi connectivity index (χ1v) is 8.61. The monoisotopic (exact) mass is 333 g/mol. The van der Waals surface area contributed by atoms with Crippen molar-refractivity contribution in [3.63, 3.8) is 0 Å². The smallest absolute Gasteiger partial charge is 0.266 e. The Balaban J connectivity index is 2.28. The Bertz CT molecular complexity index is 631. The largest absolute Gasteiger partial charge is 0.288 e. The van der Waals surface area contributed by atoms with E-state index in [-0.39, 0.29) is 16.9 Å². The van der Waals surface area contributed by atoms with Crippen molar-refractivity contribution in [1.29, 1.82) is 0 Å². The molecule has 1 aliphatic rings. The van der Waals surface area contributed by atoms with Crippen molar-refractivity contribution >= 4 is 40.3 Å². The van der Waals surface area contributed by atoms with Crippen LogP contribution < -0.4 is 0 Å². The lowest BCUT2D eigenvalue weighted by Crippen LogP contribution is -2.44. The molecule has 0 radical (unpaired) electrons. The molecule has 4 heteroatoms. The molecule has 0 aliphatic carbocycles. The fourth-order valence-electron chi connectivity index (χ4n) is 2.28. The Kier molecular flexibility index (Phi) is 4.56. The van der Waals surface area contributed by atoms with Crippen molar-refractivity contribution in [3.05, 3.63) is 40.3 Å². The number of amides is 1. The van der Waals surface area contributed by atoms with E-state index >= 15 is 0 Å². The predicted octanol–water partition coefficient (Wildman–Crippen LogP) is 4.98. The number of thiocarbonyl (C=S) groups is 1. The van der Waals surface area contributed by atoms with Gasteiger partial charge in [0.15, 0.2) is 0 Å². The molecule has 0 unspecified atom stereocenters. The van der Waals surface area contributed by atoms with E-state index in [0.29, 0.717) is 9.23 Å². The second kappa shape index (κ2) is 5.82. The van der Waals surface area contributed by atoms with Gasteiger partial charge in [-0.2, -0.15) is 0 Å². The Morgan fingerprint density at radius 3 is 2.00 bits per heavy atom. The summed E-state index contributed by atoms with van der Waals surface area (Å²) in [5.74, 6) is 0.00222. The van der Waals surface area contributed by atoms with E-state index in [9.17, 15) is 4.79 Å². The molecule has 0 atom stereocenters. The molecule has 1 aliphatic heterocycles. The summed E-state index contributed by atoms with van der Waals surface area (Å²) >= 11 is 6.74. The summed E-state index contributed by atoms with van der Waals surface area (Å²) in [6.45, 7) is 12.6. The average molecular weight is 334 g/mol. The average Bonchev–Trinajstić information content (AvgIpc) is 2.63. The molecule has 0 N–H and O–H groups in total. The van der Waals surface area contributed by atoms with Crippen LogP contribution in [0.2, 0.25) is 0 Å². The summed E-state index contributed by atoms with van der Waals surface area (Å²) in [6.07, 6.45) is 1.93. The summed E-state index contributed by atoms with van der Waals surface area (Å²) in [5.41, 5.74) is 2.16. The molecule has 2 nitrogen and oxygen atoms in total. The Labute approximate surface area is 143 Å². The van der Waals surface area contributed by atoms with Gasteiger partial charge >= 0.3 is 0 Å². The number of thioether (sulfide) groups is 1. The molecular weight excluding hydrogens is 310 g/mol. The zero-order chi connectivity index (χ0) is 16.7. The third-order valence-electron chi connectivity index (χ3n) is 3.54. The van der Waals surface area contributed by atoms with Gasteiger partial charge in [0, 0.05) is 5.54 Å². The standard InChI is InChI=1S/C18H23NOS2/c1-17(2,3)13-9-7-12(8-10-13)11-14-15(20)19(16(21)22-14)18(4,5)6/h7-11H,1-6H3/b14-11-. The highest BCUT2D eigenvalue weighted by atomic mass is 32.2. The molecule has 1 saturated heterocycles. The summed E-state index contributed by atoms with van der Waals surface area (Å²) < 4.78 is 0.634. The minimum Gasteiger partial charge on any atom is -0.288 e. The van der Waals surface area contributed by atoms with Crippen molar-refractivity contribution in [1.82, 2.24) is 4.90 Å². The van der Waals surface area contributed by atoms with Crippen LogP contribution in [-0.4, -0.2) is 20.7 Å². The van der Waals surface area contributed by atoms with Gasteiger partial charge in [0.2, 0.25) is 0 Å². The van der Waals surface area contributed by atoms with Crippen LogP contribution in [-0.2, 0) is 10.2 Å². The number of rotatable bonds is 1. The van der Waals surface area contributed by atoms with Crippen LogP contribution in [0.25, 0.3) is 6.08 Å². The summed E-state index contributed by atoms with van der Waals surface area (Å²) in [5, 5.41) is 0. The van der Waals surface area contributed by atoms with Crippen molar-refractivity contribution < 1.29 is 4.79 Å². The van der Waals surface area contributed by atoms with E-state index < -0.39 is 0 Å². The van der Waals surface area contributed by atoms with Crippen molar-refractivity contribution in [2.75, 3.05) is 0 Å². The second-order valence-corrected chi connectivity index (χ2v) is 9.24. The first kappa shape index (κ1) is 17.2. The maximum atomic E-state index is 12.5. The van der Waals surface area contributed by atoms with Gasteiger partial charge in [-0.15, -0.1) is 0 Å². The zero-order valence-electron chi connectivity index (χ0n) is 14.1. The Morgan fingerprint density at radius 2 is 1.59 bits per heavy atom. The van der Waals surface area contributed by atoms with Crippen LogP contribution in [0.5, 0.6) is 0 Å². The molecule has 118 valence electrons. The van der Waals surface area contributed by atoms with Gasteiger partial charge in [-0.3, -0.25) is 9.69 Å². The van der Waals surface area contributed by atoms with Crippen molar-refractivity contribution in [2.24, 2.45) is 0 Å². The number of carbonyl (C=O) groups excluding carboxylic acids is 1. The van der Waals surface area contributed by atoms with Gasteiger partial charge in [-0.25, -0.2) is 0 Å². The predicted molar refractivity (Wildman–Crippen MR) is 99.9 cm³/mol. The van der Waals surface area contributed by atoms with Gasteiger partial charge in [-0.1, -0.05) is 69.0 Å². The fraction of sp³-hybridized carbons (Fsp3) is 0.444. The molecule has 22 heavy (non-hydrogen) atoms. The molecule has 1 heterocycles. The van der Waals surface area contributed by atoms with E-state index in [1.807, 2.05) is 26.8 Å². The quantitative estimate of drug-likeness (QED) is 0.534. The summed E-state index contributed by atoms with van der Waals surface area (Å²) in [6, 6.07) is 8.36. The Morgan fingerprint density at radius 1 is 1.05 bits per heavy atom. The highest BCUT2D eigenvalue weighted by Gasteiger charge is 2.38. The molecule has 0 saturated carbocycles. The highest BCUT2D eigenvalue weighted by Crippen LogP contribution is 2.37. The topological polar surface area (TPSA) is 20.3 Å². The third-order valence-corrected chi connectivity index (χ3v) is 4.84. The van der Waals surface area contributed by atoms with Crippen molar-refractivity contribution in [3.8, 4) is 0 Å². The van der Waals surface area contributed by atoms with Gasteiger partial charge in [0.25, 0.3) is 5.91 Å². The van der Waals surface area contributed by atoms with E-state index in [1.165, 1.54) is 17.3 Å². The normalized spacial score (nSPS) is 18.5. The van der Waals surface area contributed by atoms with E-state index in [2.05, 4.69) is 45.0 Å². The van der Waals surface area contributed by atoms with Crippen LogP contribution in [0.4, 0.5) is 0 Å². The zero-order valence-corrected chi connectivity index (χ0v) is 15.7. The highest BCUT2D eigenvalue weighted by molar-refractivity contribution is 8.26. The van der Waals surface area contributed by atoms with Gasteiger partial charge in [-0.05, 0) is 43.4 Å². The third kappa shape index (κ3) is 3.61. The van der Waals surface area contributed by atoms with Crippen LogP contribution in [0, 0.1) is 0 Å². The first-order chi connectivity index (χ1) is 10.00. The van der Waals surface area contributed by atoms with Crippen LogP contribution in [0.1, 0.15) is 52.7 Å². The van der Waals surface area contributed by atoms with Gasteiger partial charge < -0.3 is 0 Å². The summed E-state index contributed by atoms with van der Waals surface area (Å²) in [4.78, 5) is 14.9. The first-order valence-electron chi connectivity index (χ1n) is 7.39. The molecular formula is C18H23NOS2. The molecule has 0 spiro atoms. The number of nitrogens with zero attached hydrogens (tertiary/aromatic N) is 1. The molecule has 1 fully saturated rings. The lowest BCUT2D eigenvalue weighted by molar-refractivity contribution is -0.125. The number of hydrogen-bond donors (Lipinski definition) is 0. The van der Waals surface area contributed by atoms with E-state index in [1.54, 1.807) is 4.90 Å². The molecule has 0 bridgehead atoms. The van der Waals surface area contributed by atoms with Gasteiger partial charge in [0.1, 0.15) is 4.32 Å². The minimum absolute atomic E-state index is 0.00222. The number of benzene rings is 1. The fourth-order valence-corrected chi connectivity index (χ4v) is 3.91. The SMILES string of the molecule is CC(C)(C)c1ccc(/C=C2\SC(=S)N(C(C)(C)C)C2=O)cc1. The molecule has 1 amide bonds. The molecule has 0 aromatic heterocycles. The number of carbonyl (C=O) groups is 1. The van der Waals surface area contributed by atoms with Crippen LogP contribution in [0.15, 0.2) is 29.2 Å². The molecule has 1 aromatic rings. The van der Waals surface area contributed by atoms with Crippen molar-refractivity contribution in [2.45, 2.75) is 52.5 Å². The Hall–Kier alpha value is -1.13. The van der Waals surface area contributed by atoms with E-state index in [0.717, 1.165) is 5.56 Å². The molecule has 1 aromatic carbocycles. The van der Waals surface area contributed by atoms with Crippen LogP contribution >= 0.6 is 24.0 Å². The lowest BCUT2D eigenvalue weighted by Gasteiger charge is -2.30. The summed E-state index contributed by atoms with van der Waals surface area (Å²) in [7, 11) is 0. The van der Waals surface area contributed by atoms with E-state index in [4.69, 9.17) is 12.2 Å². The van der Waals surface area contributed by atoms with Crippen LogP contribution in [0.3, 0.4) is 0 Å². The second-order valence-electron chi connectivity index (χ2n) is 7.56. The van der Waals surface area contributed by atoms with Gasteiger partial charge in [0.05, 0.1) is 4.91 Å². The lowest BCUT2D eigenvalue weighted by atomic mass is 9.87. The number of hydrogen-bond acceptors (Lipinski definition) is 3. The molecule has 2 rings (SSSR count). The maximum absolute atomic E-state index is 12.5.